The molecule has 94 valence electrons. The van der Waals surface area contributed by atoms with Crippen molar-refractivity contribution < 1.29 is 18.3 Å². The Balaban J connectivity index is 2.34. The molecule has 0 saturated carbocycles. The summed E-state index contributed by atoms with van der Waals surface area (Å²) in [5.41, 5.74) is 0. The van der Waals surface area contributed by atoms with Gasteiger partial charge < -0.3 is 9.84 Å². The summed E-state index contributed by atoms with van der Waals surface area (Å²) in [6, 6.07) is 8.69. The average Bonchev–Trinajstić information content (AvgIpc) is 2.31. The van der Waals surface area contributed by atoms with Crippen LogP contribution in [0.1, 0.15) is 0 Å². The minimum atomic E-state index is -3.84. The first-order valence-corrected chi connectivity index (χ1v) is 7.14. The van der Waals surface area contributed by atoms with E-state index in [2.05, 4.69) is 4.98 Å². The Morgan fingerprint density at radius 1 is 1.22 bits per heavy atom. The average molecular weight is 286 g/mol. The predicted octanol–water partition coefficient (Wildman–Crippen LogP) is 2.51. The number of phenols is 1. The molecule has 0 aliphatic carbocycles. The number of pyridine rings is 1. The van der Waals surface area contributed by atoms with Crippen LogP contribution in [0.25, 0.3) is 0 Å². The summed E-state index contributed by atoms with van der Waals surface area (Å²) in [6.45, 7) is 0. The third-order valence-corrected chi connectivity index (χ3v) is 3.42. The molecule has 1 aromatic heterocycles. The summed E-state index contributed by atoms with van der Waals surface area (Å²) in [5, 5.41) is 9.50. The molecule has 0 saturated heterocycles. The van der Waals surface area contributed by atoms with Gasteiger partial charge in [0.2, 0.25) is 5.88 Å². The van der Waals surface area contributed by atoms with Crippen LogP contribution in [0.4, 0.5) is 0 Å². The number of phenolic OH excluding ortho intramolecular Hbond substituents is 1. The highest BCUT2D eigenvalue weighted by Gasteiger charge is 2.12. The van der Waals surface area contributed by atoms with Crippen LogP contribution in [-0.4, -0.2) is 18.5 Å². The fraction of sp³-hybridized carbons (Fsp3) is 0. The SMILES string of the molecule is O=S(=O)(Cl)c1ccnc(Oc2ccccc2O)c1. The molecule has 2 aromatic rings. The summed E-state index contributed by atoms with van der Waals surface area (Å²) in [7, 11) is 1.37. The lowest BCUT2D eigenvalue weighted by atomic mass is 10.3. The van der Waals surface area contributed by atoms with Gasteiger partial charge in [-0.25, -0.2) is 13.4 Å². The van der Waals surface area contributed by atoms with Gasteiger partial charge in [0.1, 0.15) is 0 Å². The number of para-hydroxylation sites is 2. The second kappa shape index (κ2) is 4.83. The minimum absolute atomic E-state index is 0.0261. The molecule has 0 amide bonds. The van der Waals surface area contributed by atoms with Crippen LogP contribution >= 0.6 is 10.7 Å². The van der Waals surface area contributed by atoms with Gasteiger partial charge in [-0.1, -0.05) is 12.1 Å². The molecule has 0 radical (unpaired) electrons. The number of aromatic hydroxyl groups is 1. The van der Waals surface area contributed by atoms with E-state index in [9.17, 15) is 13.5 Å². The summed E-state index contributed by atoms with van der Waals surface area (Å²) in [4.78, 5) is 3.71. The number of hydrogen-bond donors (Lipinski definition) is 1. The Labute approximate surface area is 108 Å². The second-order valence-electron chi connectivity index (χ2n) is 3.34. The van der Waals surface area contributed by atoms with E-state index in [1.807, 2.05) is 0 Å². The van der Waals surface area contributed by atoms with Crippen LogP contribution in [0, 0.1) is 0 Å². The van der Waals surface area contributed by atoms with E-state index < -0.39 is 9.05 Å². The third-order valence-electron chi connectivity index (χ3n) is 2.07. The fourth-order valence-electron chi connectivity index (χ4n) is 1.25. The van der Waals surface area contributed by atoms with E-state index in [1.54, 1.807) is 12.1 Å². The largest absolute Gasteiger partial charge is 0.504 e. The highest BCUT2D eigenvalue weighted by atomic mass is 35.7. The summed E-state index contributed by atoms with van der Waals surface area (Å²) < 4.78 is 27.5. The molecule has 7 heteroatoms. The van der Waals surface area contributed by atoms with Gasteiger partial charge in [0.25, 0.3) is 9.05 Å². The molecule has 1 aromatic carbocycles. The zero-order chi connectivity index (χ0) is 13.2. The smallest absolute Gasteiger partial charge is 0.261 e. The van der Waals surface area contributed by atoms with Crippen LogP contribution in [0.3, 0.4) is 0 Å². The maximum Gasteiger partial charge on any atom is 0.261 e. The van der Waals surface area contributed by atoms with Crippen molar-refractivity contribution in [3.05, 3.63) is 42.6 Å². The lowest BCUT2D eigenvalue weighted by Gasteiger charge is -2.06. The van der Waals surface area contributed by atoms with Gasteiger partial charge in [-0.3, -0.25) is 0 Å². The predicted molar refractivity (Wildman–Crippen MR) is 65.5 cm³/mol. The zero-order valence-electron chi connectivity index (χ0n) is 8.95. The van der Waals surface area contributed by atoms with Gasteiger partial charge in [-0.2, -0.15) is 0 Å². The lowest BCUT2D eigenvalue weighted by molar-refractivity contribution is 0.402. The van der Waals surface area contributed by atoms with Crippen LogP contribution in [0.2, 0.25) is 0 Å². The van der Waals surface area contributed by atoms with E-state index >= 15 is 0 Å². The number of hydrogen-bond acceptors (Lipinski definition) is 5. The van der Waals surface area contributed by atoms with Gasteiger partial charge in [0, 0.05) is 22.9 Å². The van der Waals surface area contributed by atoms with Crippen molar-refractivity contribution in [2.45, 2.75) is 4.90 Å². The Hall–Kier alpha value is -1.79. The van der Waals surface area contributed by atoms with Crippen LogP contribution < -0.4 is 4.74 Å². The Bertz CT molecular complexity index is 672. The minimum Gasteiger partial charge on any atom is -0.504 e. The molecule has 0 aliphatic heterocycles. The molecule has 18 heavy (non-hydrogen) atoms. The van der Waals surface area contributed by atoms with Gasteiger partial charge in [0.05, 0.1) is 4.90 Å². The molecular weight excluding hydrogens is 278 g/mol. The third kappa shape index (κ3) is 2.91. The molecule has 0 unspecified atom stereocenters. The summed E-state index contributed by atoms with van der Waals surface area (Å²) >= 11 is 0. The molecule has 0 spiro atoms. The first-order chi connectivity index (χ1) is 8.47. The van der Waals surface area contributed by atoms with Gasteiger partial charge in [0.15, 0.2) is 11.5 Å². The van der Waals surface area contributed by atoms with E-state index in [0.717, 1.165) is 0 Å². The van der Waals surface area contributed by atoms with E-state index in [0.29, 0.717) is 0 Å². The number of benzene rings is 1. The fourth-order valence-corrected chi connectivity index (χ4v) is 2.01. The molecule has 1 N–H and O–H groups in total. The Morgan fingerprint density at radius 2 is 1.94 bits per heavy atom. The maximum atomic E-state index is 11.1. The standard InChI is InChI=1S/C11H8ClNO4S/c12-18(15,16)8-5-6-13-11(7-8)17-10-4-2-1-3-9(10)14/h1-7,14H. The monoisotopic (exact) mass is 285 g/mol. The molecular formula is C11H8ClNO4S. The zero-order valence-corrected chi connectivity index (χ0v) is 10.5. The number of aromatic nitrogens is 1. The van der Waals surface area contributed by atoms with E-state index in [1.165, 1.54) is 30.5 Å². The van der Waals surface area contributed by atoms with Crippen molar-refractivity contribution in [1.82, 2.24) is 4.98 Å². The van der Waals surface area contributed by atoms with Crippen molar-refractivity contribution >= 4 is 19.7 Å². The quantitative estimate of drug-likeness (QED) is 0.877. The molecule has 0 bridgehead atoms. The van der Waals surface area contributed by atoms with Crippen LogP contribution in [-0.2, 0) is 9.05 Å². The van der Waals surface area contributed by atoms with Crippen molar-refractivity contribution in [3.8, 4) is 17.4 Å². The molecule has 2 rings (SSSR count). The first-order valence-electron chi connectivity index (χ1n) is 4.83. The van der Waals surface area contributed by atoms with E-state index in [-0.39, 0.29) is 22.3 Å². The number of ether oxygens (including phenoxy) is 1. The number of halogens is 1. The summed E-state index contributed by atoms with van der Waals surface area (Å²) in [5.74, 6) is 0.130. The topological polar surface area (TPSA) is 76.5 Å². The highest BCUT2D eigenvalue weighted by molar-refractivity contribution is 8.13. The Morgan fingerprint density at radius 3 is 2.61 bits per heavy atom. The van der Waals surface area contributed by atoms with E-state index in [4.69, 9.17) is 15.4 Å². The maximum absolute atomic E-state index is 11.1. The normalized spacial score (nSPS) is 11.2. The van der Waals surface area contributed by atoms with Crippen LogP contribution in [0.5, 0.6) is 17.4 Å². The van der Waals surface area contributed by atoms with Crippen molar-refractivity contribution in [2.75, 3.05) is 0 Å². The molecule has 0 atom stereocenters. The summed E-state index contributed by atoms with van der Waals surface area (Å²) in [6.07, 6.45) is 1.25. The van der Waals surface area contributed by atoms with Crippen LogP contribution in [0.15, 0.2) is 47.5 Å². The second-order valence-corrected chi connectivity index (χ2v) is 5.90. The number of rotatable bonds is 3. The van der Waals surface area contributed by atoms with Gasteiger partial charge in [-0.15, -0.1) is 0 Å². The van der Waals surface area contributed by atoms with Crippen molar-refractivity contribution in [3.63, 3.8) is 0 Å². The molecule has 0 fully saturated rings. The molecule has 1 heterocycles. The molecule has 0 aliphatic rings. The van der Waals surface area contributed by atoms with Gasteiger partial charge in [-0.05, 0) is 18.2 Å². The Kier molecular flexibility index (Phi) is 3.40. The molecule has 5 nitrogen and oxygen atoms in total. The first kappa shape index (κ1) is 12.7. The number of nitrogens with zero attached hydrogens (tertiary/aromatic N) is 1. The van der Waals surface area contributed by atoms with Crippen molar-refractivity contribution in [1.29, 1.82) is 0 Å². The van der Waals surface area contributed by atoms with Gasteiger partial charge >= 0.3 is 0 Å². The highest BCUT2D eigenvalue weighted by Crippen LogP contribution is 2.29. The lowest BCUT2D eigenvalue weighted by Crippen LogP contribution is -1.94. The van der Waals surface area contributed by atoms with Crippen molar-refractivity contribution in [2.24, 2.45) is 0 Å².